The lowest BCUT2D eigenvalue weighted by Crippen LogP contribution is -2.24. The Kier molecular flexibility index (Phi) is 8.71. The molecule has 40 heavy (non-hydrogen) atoms. The molecule has 0 saturated carbocycles. The second-order valence-corrected chi connectivity index (χ2v) is 10.2. The lowest BCUT2D eigenvalue weighted by Gasteiger charge is -2.15. The van der Waals surface area contributed by atoms with Gasteiger partial charge >= 0.3 is 5.97 Å². The van der Waals surface area contributed by atoms with Crippen LogP contribution in [0, 0.1) is 5.92 Å². The van der Waals surface area contributed by atoms with Crippen LogP contribution in [-0.4, -0.2) is 52.8 Å². The zero-order chi connectivity index (χ0) is 27.9. The average Bonchev–Trinajstić information content (AvgIpc) is 3.61. The molecule has 1 amide bonds. The lowest BCUT2D eigenvalue weighted by molar-refractivity contribution is -0.119. The zero-order valence-electron chi connectivity index (χ0n) is 22.9. The summed E-state index contributed by atoms with van der Waals surface area (Å²) in [7, 11) is 1.35. The van der Waals surface area contributed by atoms with Crippen LogP contribution in [0.4, 0.5) is 11.4 Å². The van der Waals surface area contributed by atoms with Crippen LogP contribution >= 0.6 is 0 Å². The number of carbonyl (C=O) groups excluding carboxylic acids is 2. The molecule has 1 aromatic carbocycles. The molecular weight excluding hydrogens is 506 g/mol. The van der Waals surface area contributed by atoms with Crippen LogP contribution < -0.4 is 10.6 Å². The number of hydrogen-bond acceptors (Lipinski definition) is 7. The predicted molar refractivity (Wildman–Crippen MR) is 154 cm³/mol. The second-order valence-electron chi connectivity index (χ2n) is 10.2. The molecule has 4 heterocycles. The van der Waals surface area contributed by atoms with Crippen LogP contribution in [0.2, 0.25) is 0 Å². The third-order valence-electron chi connectivity index (χ3n) is 7.19. The van der Waals surface area contributed by atoms with Crippen molar-refractivity contribution >= 4 is 34.3 Å². The Hall–Kier alpha value is -4.24. The van der Waals surface area contributed by atoms with Gasteiger partial charge in [-0.05, 0) is 55.9 Å². The molecule has 4 aromatic rings. The molecular formula is C31H35N5O4. The number of nitrogens with one attached hydrogen (secondary N) is 2. The zero-order valence-corrected chi connectivity index (χ0v) is 22.9. The summed E-state index contributed by atoms with van der Waals surface area (Å²) in [5.74, 6) is -0.958. The second kappa shape index (κ2) is 12.7. The minimum atomic E-state index is -0.518. The van der Waals surface area contributed by atoms with Crippen LogP contribution in [0.15, 0.2) is 67.1 Å². The van der Waals surface area contributed by atoms with Crippen molar-refractivity contribution in [3.63, 3.8) is 0 Å². The molecule has 1 fully saturated rings. The summed E-state index contributed by atoms with van der Waals surface area (Å²) in [5.41, 5.74) is 4.48. The number of carbonyl (C=O) groups is 2. The first-order chi connectivity index (χ1) is 19.5. The number of amides is 1. The van der Waals surface area contributed by atoms with Crippen molar-refractivity contribution in [2.75, 3.05) is 31.0 Å². The molecule has 1 saturated heterocycles. The number of methoxy groups -OCH3 is 1. The summed E-state index contributed by atoms with van der Waals surface area (Å²) in [6.07, 6.45) is 8.44. The highest BCUT2D eigenvalue weighted by molar-refractivity contribution is 6.11. The van der Waals surface area contributed by atoms with Gasteiger partial charge < -0.3 is 24.7 Å². The van der Waals surface area contributed by atoms with E-state index in [0.717, 1.165) is 30.5 Å². The third kappa shape index (κ3) is 6.31. The number of anilines is 2. The van der Waals surface area contributed by atoms with E-state index in [4.69, 9.17) is 14.5 Å². The maximum Gasteiger partial charge on any atom is 0.356 e. The molecule has 2 N–H and O–H groups in total. The SMILES string of the molecule is COC(=O)c1c(NC(=O)[C@H]2CCOC2)c2cc(N[C@@H](C)Cc3cccnc3)cnc2n1CCCc1ccccc1. The first-order valence-corrected chi connectivity index (χ1v) is 13.7. The van der Waals surface area contributed by atoms with Gasteiger partial charge in [0, 0.05) is 37.0 Å². The maximum atomic E-state index is 13.2. The number of benzene rings is 1. The van der Waals surface area contributed by atoms with Gasteiger partial charge in [0.1, 0.15) is 5.65 Å². The van der Waals surface area contributed by atoms with E-state index in [1.54, 1.807) is 12.4 Å². The summed E-state index contributed by atoms with van der Waals surface area (Å²) in [6, 6.07) is 16.2. The fourth-order valence-corrected chi connectivity index (χ4v) is 5.22. The van der Waals surface area contributed by atoms with Gasteiger partial charge in [0.25, 0.3) is 0 Å². The average molecular weight is 542 g/mol. The van der Waals surface area contributed by atoms with Gasteiger partial charge in [0.05, 0.1) is 37.2 Å². The molecule has 0 spiro atoms. The number of esters is 1. The topological polar surface area (TPSA) is 107 Å². The summed E-state index contributed by atoms with van der Waals surface area (Å²) in [4.78, 5) is 35.3. The van der Waals surface area contributed by atoms with Crippen LogP contribution in [0.3, 0.4) is 0 Å². The predicted octanol–water partition coefficient (Wildman–Crippen LogP) is 4.87. The van der Waals surface area contributed by atoms with E-state index in [0.29, 0.717) is 48.6 Å². The summed E-state index contributed by atoms with van der Waals surface area (Å²) in [5, 5.41) is 7.24. The molecule has 0 bridgehead atoms. The van der Waals surface area contributed by atoms with Crippen molar-refractivity contribution in [1.29, 1.82) is 0 Å². The van der Waals surface area contributed by atoms with Gasteiger partial charge in [-0.15, -0.1) is 0 Å². The van der Waals surface area contributed by atoms with Gasteiger partial charge in [-0.1, -0.05) is 36.4 Å². The Morgan fingerprint density at radius 2 is 1.98 bits per heavy atom. The normalized spacial score (nSPS) is 15.6. The monoisotopic (exact) mass is 541 g/mol. The van der Waals surface area contributed by atoms with E-state index >= 15 is 0 Å². The smallest absolute Gasteiger partial charge is 0.356 e. The summed E-state index contributed by atoms with van der Waals surface area (Å²) >= 11 is 0. The van der Waals surface area contributed by atoms with Crippen molar-refractivity contribution in [2.45, 2.75) is 45.2 Å². The van der Waals surface area contributed by atoms with E-state index in [9.17, 15) is 9.59 Å². The van der Waals surface area contributed by atoms with E-state index in [-0.39, 0.29) is 17.9 Å². The number of aryl methyl sites for hydroxylation is 2. The highest BCUT2D eigenvalue weighted by Crippen LogP contribution is 2.34. The molecule has 0 aliphatic carbocycles. The lowest BCUT2D eigenvalue weighted by atomic mass is 10.1. The summed E-state index contributed by atoms with van der Waals surface area (Å²) in [6.45, 7) is 3.55. The Balaban J connectivity index is 1.48. The highest BCUT2D eigenvalue weighted by atomic mass is 16.5. The highest BCUT2D eigenvalue weighted by Gasteiger charge is 2.30. The quantitative estimate of drug-likeness (QED) is 0.261. The van der Waals surface area contributed by atoms with Gasteiger partial charge in [0.2, 0.25) is 5.91 Å². The van der Waals surface area contributed by atoms with Crippen LogP contribution in [-0.2, 0) is 33.7 Å². The van der Waals surface area contributed by atoms with Crippen molar-refractivity contribution in [2.24, 2.45) is 5.92 Å². The molecule has 208 valence electrons. The van der Waals surface area contributed by atoms with Crippen molar-refractivity contribution < 1.29 is 19.1 Å². The number of nitrogens with zero attached hydrogens (tertiary/aromatic N) is 3. The van der Waals surface area contributed by atoms with Crippen LogP contribution in [0.1, 0.15) is 41.4 Å². The fraction of sp³-hybridized carbons (Fsp3) is 0.355. The van der Waals surface area contributed by atoms with E-state index in [1.807, 2.05) is 47.2 Å². The van der Waals surface area contributed by atoms with E-state index in [1.165, 1.54) is 12.7 Å². The molecule has 1 aliphatic heterocycles. The number of ether oxygens (including phenoxy) is 2. The Bertz CT molecular complexity index is 1450. The molecule has 0 radical (unpaired) electrons. The minimum Gasteiger partial charge on any atom is -0.464 e. The Morgan fingerprint density at radius 3 is 2.70 bits per heavy atom. The van der Waals surface area contributed by atoms with Crippen molar-refractivity contribution in [3.05, 3.63) is 83.9 Å². The molecule has 5 rings (SSSR count). The maximum absolute atomic E-state index is 13.2. The molecule has 0 unspecified atom stereocenters. The number of pyridine rings is 2. The van der Waals surface area contributed by atoms with Crippen molar-refractivity contribution in [3.8, 4) is 0 Å². The van der Waals surface area contributed by atoms with Gasteiger partial charge in [0.15, 0.2) is 5.69 Å². The number of fused-ring (bicyclic) bond motifs is 1. The number of aromatic nitrogens is 3. The van der Waals surface area contributed by atoms with E-state index in [2.05, 4.69) is 34.7 Å². The van der Waals surface area contributed by atoms with Gasteiger partial charge in [-0.25, -0.2) is 9.78 Å². The number of hydrogen-bond donors (Lipinski definition) is 2. The minimum absolute atomic E-state index is 0.102. The van der Waals surface area contributed by atoms with Gasteiger partial charge in [-0.3, -0.25) is 9.78 Å². The fourth-order valence-electron chi connectivity index (χ4n) is 5.22. The Morgan fingerprint density at radius 1 is 1.15 bits per heavy atom. The first-order valence-electron chi connectivity index (χ1n) is 13.7. The number of rotatable bonds is 11. The molecule has 1 aliphatic rings. The van der Waals surface area contributed by atoms with E-state index < -0.39 is 5.97 Å². The molecule has 3 aromatic heterocycles. The van der Waals surface area contributed by atoms with Crippen LogP contribution in [0.25, 0.3) is 11.0 Å². The standard InChI is InChI=1S/C31H35N5O4/c1-21(16-23-10-6-13-32-18-23)34-25-17-26-27(35-30(37)24-12-15-40-20-24)28(31(38)39-2)36(29(26)33-19-25)14-7-11-22-8-4-3-5-9-22/h3-6,8-10,13,17-19,21,24,34H,7,11-12,14-16,20H2,1-2H3,(H,35,37)/t21-,24-/m0/s1. The molecule has 9 heteroatoms. The van der Waals surface area contributed by atoms with Crippen molar-refractivity contribution in [1.82, 2.24) is 14.5 Å². The van der Waals surface area contributed by atoms with Gasteiger partial charge in [-0.2, -0.15) is 0 Å². The Labute approximate surface area is 233 Å². The molecule has 2 atom stereocenters. The third-order valence-corrected chi connectivity index (χ3v) is 7.19. The summed E-state index contributed by atoms with van der Waals surface area (Å²) < 4.78 is 12.5. The largest absolute Gasteiger partial charge is 0.464 e. The first kappa shape index (κ1) is 27.3. The van der Waals surface area contributed by atoms with Crippen LogP contribution in [0.5, 0.6) is 0 Å². The molecule has 9 nitrogen and oxygen atoms in total.